The van der Waals surface area contributed by atoms with E-state index in [-0.39, 0.29) is 11.1 Å². The fourth-order valence-electron chi connectivity index (χ4n) is 4.79. The number of aromatic nitrogens is 2. The maximum Gasteiger partial charge on any atom is 0.223 e. The van der Waals surface area contributed by atoms with Crippen LogP contribution in [0.25, 0.3) is 11.3 Å². The van der Waals surface area contributed by atoms with E-state index in [1.54, 1.807) is 0 Å². The molecule has 1 saturated heterocycles. The third kappa shape index (κ3) is 6.35. The Labute approximate surface area is 218 Å². The Morgan fingerprint density at radius 2 is 1.92 bits per heavy atom. The fourth-order valence-corrected chi connectivity index (χ4v) is 6.42. The molecule has 2 aliphatic rings. The Hall–Kier alpha value is -2.69. The van der Waals surface area contributed by atoms with Gasteiger partial charge in [-0.3, -0.25) is 0 Å². The number of nitrogens with two attached hydrogens (primary N) is 1. The number of anilines is 2. The van der Waals surface area contributed by atoms with Crippen LogP contribution >= 0.6 is 8.58 Å². The van der Waals surface area contributed by atoms with Crippen molar-refractivity contribution >= 4 is 20.2 Å². The van der Waals surface area contributed by atoms with Crippen molar-refractivity contribution in [3.05, 3.63) is 72.7 Å². The second-order valence-corrected chi connectivity index (χ2v) is 11.6. The molecule has 0 radical (unpaired) electrons. The highest BCUT2D eigenvalue weighted by molar-refractivity contribution is 7.38. The van der Waals surface area contributed by atoms with Gasteiger partial charge in [-0.15, -0.1) is 8.58 Å². The molecule has 1 aliphatic carbocycles. The summed E-state index contributed by atoms with van der Waals surface area (Å²) < 4.78 is 0. The lowest BCUT2D eigenvalue weighted by atomic mass is 9.92. The first-order valence-electron chi connectivity index (χ1n) is 13.2. The van der Waals surface area contributed by atoms with Gasteiger partial charge in [-0.05, 0) is 69.2 Å². The lowest BCUT2D eigenvalue weighted by molar-refractivity contribution is 0.350. The fraction of sp³-hybridized carbons (Fsp3) is 0.448. The van der Waals surface area contributed by atoms with E-state index in [0.29, 0.717) is 5.95 Å². The minimum absolute atomic E-state index is 0.223. The van der Waals surface area contributed by atoms with E-state index >= 15 is 0 Å². The topological polar surface area (TPSA) is 79.1 Å². The van der Waals surface area contributed by atoms with Gasteiger partial charge in [0.05, 0.1) is 16.8 Å². The summed E-state index contributed by atoms with van der Waals surface area (Å²) in [7, 11) is 0.932. The average Bonchev–Trinajstić information content (AvgIpc) is 3.33. The molecule has 0 saturated carbocycles. The van der Waals surface area contributed by atoms with Gasteiger partial charge in [0.2, 0.25) is 5.95 Å². The van der Waals surface area contributed by atoms with E-state index in [1.165, 1.54) is 11.9 Å². The van der Waals surface area contributed by atoms with Gasteiger partial charge < -0.3 is 21.3 Å². The van der Waals surface area contributed by atoms with Gasteiger partial charge >= 0.3 is 0 Å². The van der Waals surface area contributed by atoms with Crippen molar-refractivity contribution in [3.63, 3.8) is 0 Å². The molecular weight excluding hydrogens is 463 g/mol. The molecule has 0 bridgehead atoms. The highest BCUT2D eigenvalue weighted by atomic mass is 31.1. The largest absolute Gasteiger partial charge is 0.372 e. The van der Waals surface area contributed by atoms with Crippen molar-refractivity contribution in [2.45, 2.75) is 57.5 Å². The van der Waals surface area contributed by atoms with Crippen molar-refractivity contribution in [2.75, 3.05) is 36.0 Å². The summed E-state index contributed by atoms with van der Waals surface area (Å²) in [4.78, 5) is 11.8. The Balaban J connectivity index is 1.40. The molecular formula is C29H41N6P. The van der Waals surface area contributed by atoms with Crippen LogP contribution in [0.3, 0.4) is 0 Å². The SMILES string of the molecule is C=C(Nc1ccc(-c2ccnc(NC3(C)C=CC(N(CCC)CCC)=CC3)n2)cc1)C1(N)CCPC1. The summed E-state index contributed by atoms with van der Waals surface area (Å²) in [6.07, 6.45) is 15.1. The Morgan fingerprint density at radius 1 is 1.17 bits per heavy atom. The normalized spacial score (nSPS) is 23.9. The van der Waals surface area contributed by atoms with Gasteiger partial charge in [0.25, 0.3) is 0 Å². The number of allylic oxidation sites excluding steroid dienone is 1. The Morgan fingerprint density at radius 3 is 2.53 bits per heavy atom. The van der Waals surface area contributed by atoms with Crippen LogP contribution in [0.15, 0.2) is 72.7 Å². The molecule has 0 spiro atoms. The lowest BCUT2D eigenvalue weighted by Gasteiger charge is -2.33. The zero-order valence-electron chi connectivity index (χ0n) is 22.0. The molecule has 0 amide bonds. The van der Waals surface area contributed by atoms with Gasteiger partial charge in [0, 0.05) is 41.9 Å². The second kappa shape index (κ2) is 11.6. The molecule has 192 valence electrons. The van der Waals surface area contributed by atoms with E-state index in [0.717, 1.165) is 76.2 Å². The molecule has 3 atom stereocenters. The van der Waals surface area contributed by atoms with E-state index in [1.807, 2.05) is 12.3 Å². The number of hydrogen-bond acceptors (Lipinski definition) is 6. The van der Waals surface area contributed by atoms with Crippen molar-refractivity contribution in [1.82, 2.24) is 14.9 Å². The highest BCUT2D eigenvalue weighted by Crippen LogP contribution is 2.35. The molecule has 6 nitrogen and oxygen atoms in total. The average molecular weight is 505 g/mol. The molecule has 2 heterocycles. The molecule has 7 heteroatoms. The minimum atomic E-state index is -0.283. The molecule has 4 N–H and O–H groups in total. The summed E-state index contributed by atoms with van der Waals surface area (Å²) in [5, 5.41) is 6.98. The monoisotopic (exact) mass is 504 g/mol. The molecule has 1 fully saturated rings. The smallest absolute Gasteiger partial charge is 0.223 e. The van der Waals surface area contributed by atoms with Gasteiger partial charge in [-0.1, -0.05) is 44.7 Å². The van der Waals surface area contributed by atoms with Gasteiger partial charge in [-0.25, -0.2) is 9.97 Å². The number of rotatable bonds is 11. The Kier molecular flexibility index (Phi) is 8.48. The maximum atomic E-state index is 6.54. The van der Waals surface area contributed by atoms with E-state index < -0.39 is 0 Å². The zero-order valence-corrected chi connectivity index (χ0v) is 23.0. The van der Waals surface area contributed by atoms with Crippen molar-refractivity contribution in [1.29, 1.82) is 0 Å². The van der Waals surface area contributed by atoms with Crippen LogP contribution in [-0.2, 0) is 0 Å². The number of nitrogens with zero attached hydrogens (tertiary/aromatic N) is 3. The van der Waals surface area contributed by atoms with Crippen LogP contribution in [0.4, 0.5) is 11.6 Å². The minimum Gasteiger partial charge on any atom is -0.372 e. The van der Waals surface area contributed by atoms with Crippen LogP contribution in [0, 0.1) is 0 Å². The van der Waals surface area contributed by atoms with Crippen LogP contribution in [-0.4, -0.2) is 51.4 Å². The summed E-state index contributed by atoms with van der Waals surface area (Å²) in [5.41, 5.74) is 11.2. The van der Waals surface area contributed by atoms with Crippen molar-refractivity contribution in [2.24, 2.45) is 5.73 Å². The van der Waals surface area contributed by atoms with Gasteiger partial charge in [0.1, 0.15) is 0 Å². The second-order valence-electron chi connectivity index (χ2n) is 10.2. The third-order valence-electron chi connectivity index (χ3n) is 7.03. The maximum absolute atomic E-state index is 6.54. The summed E-state index contributed by atoms with van der Waals surface area (Å²) in [6, 6.07) is 10.2. The molecule has 36 heavy (non-hydrogen) atoms. The van der Waals surface area contributed by atoms with Gasteiger partial charge in [0.15, 0.2) is 0 Å². The predicted molar refractivity (Wildman–Crippen MR) is 156 cm³/mol. The summed E-state index contributed by atoms with van der Waals surface area (Å²) in [6.45, 7) is 13.1. The zero-order chi connectivity index (χ0) is 25.6. The third-order valence-corrected chi connectivity index (χ3v) is 8.51. The van der Waals surface area contributed by atoms with E-state index in [9.17, 15) is 0 Å². The van der Waals surface area contributed by atoms with Crippen LogP contribution in [0.2, 0.25) is 0 Å². The molecule has 1 aromatic carbocycles. The quantitative estimate of drug-likeness (QED) is 0.327. The van der Waals surface area contributed by atoms with Crippen molar-refractivity contribution < 1.29 is 0 Å². The molecule has 1 aliphatic heterocycles. The Bertz CT molecular complexity index is 1100. The van der Waals surface area contributed by atoms with Crippen LogP contribution < -0.4 is 16.4 Å². The first-order chi connectivity index (χ1) is 17.3. The molecule has 3 unspecified atom stereocenters. The molecule has 1 aromatic heterocycles. The van der Waals surface area contributed by atoms with Crippen LogP contribution in [0.1, 0.15) is 46.5 Å². The molecule has 4 rings (SSSR count). The lowest BCUT2D eigenvalue weighted by Crippen LogP contribution is -2.43. The number of nitrogens with one attached hydrogen (secondary N) is 2. The van der Waals surface area contributed by atoms with Gasteiger partial charge in [-0.2, -0.15) is 0 Å². The van der Waals surface area contributed by atoms with E-state index in [4.69, 9.17) is 10.7 Å². The number of benzene rings is 1. The first-order valence-corrected chi connectivity index (χ1v) is 14.6. The summed E-state index contributed by atoms with van der Waals surface area (Å²) >= 11 is 0. The molecule has 2 aromatic rings. The standard InChI is InChI=1S/C29H41N6P/c1-5-18-35(19-6-2)25-11-14-28(4,15-12-25)34-27-31-17-13-26(33-27)23-7-9-24(10-8-23)32-22(3)29(30)16-20-36-21-29/h7-14,17,32,36H,3,5-6,15-16,18-21,30H2,1-2,4H3,(H,31,33,34). The van der Waals surface area contributed by atoms with Crippen LogP contribution in [0.5, 0.6) is 0 Å². The number of hydrogen-bond donors (Lipinski definition) is 3. The van der Waals surface area contributed by atoms with E-state index in [2.05, 4.69) is 90.4 Å². The van der Waals surface area contributed by atoms with Crippen molar-refractivity contribution in [3.8, 4) is 11.3 Å². The first kappa shape index (κ1) is 26.4. The summed E-state index contributed by atoms with van der Waals surface area (Å²) in [5.74, 6) is 0.637. The predicted octanol–water partition coefficient (Wildman–Crippen LogP) is 5.99. The highest BCUT2D eigenvalue weighted by Gasteiger charge is 2.32.